The highest BCUT2D eigenvalue weighted by Gasteiger charge is 2.85. The van der Waals surface area contributed by atoms with Crippen molar-refractivity contribution in [2.24, 2.45) is 7.05 Å². The molecule has 0 fully saturated rings. The van der Waals surface area contributed by atoms with Crippen LogP contribution >= 0.6 is 11.3 Å². The van der Waals surface area contributed by atoms with Crippen molar-refractivity contribution in [1.82, 2.24) is 0 Å². The van der Waals surface area contributed by atoms with Crippen LogP contribution in [0.1, 0.15) is 43.0 Å². The number of alkyl halides is 8. The lowest BCUT2D eigenvalue weighted by Crippen LogP contribution is -2.63. The Bertz CT molecular complexity index is 1910. The van der Waals surface area contributed by atoms with Crippen molar-refractivity contribution >= 4 is 42.3 Å². The molecule has 0 aliphatic heterocycles. The second-order valence-corrected chi connectivity index (χ2v) is 12.7. The van der Waals surface area contributed by atoms with Crippen LogP contribution in [0.4, 0.5) is 35.1 Å². The second kappa shape index (κ2) is 8.18. The lowest BCUT2D eigenvalue weighted by molar-refractivity contribution is -0.659. The number of halogens is 8. The Morgan fingerprint density at radius 1 is 0.707 bits per heavy atom. The molecule has 0 bridgehead atoms. The quantitative estimate of drug-likeness (QED) is 0.134. The lowest BCUT2D eigenvalue weighted by atomic mass is 9.79. The average molecular weight is 595 g/mol. The first-order valence-electron chi connectivity index (χ1n) is 12.8. The molecule has 2 heterocycles. The van der Waals surface area contributed by atoms with Crippen molar-refractivity contribution in [2.45, 2.75) is 56.8 Å². The molecular formula is C31H24F8NS+. The van der Waals surface area contributed by atoms with Gasteiger partial charge in [-0.3, -0.25) is 0 Å². The number of rotatable bonds is 1. The van der Waals surface area contributed by atoms with Crippen LogP contribution < -0.4 is 4.57 Å². The van der Waals surface area contributed by atoms with Crippen LogP contribution in [0.15, 0.2) is 54.7 Å². The molecule has 3 aromatic carbocycles. The highest BCUT2D eigenvalue weighted by Crippen LogP contribution is 2.66. The zero-order valence-corrected chi connectivity index (χ0v) is 23.4. The molecule has 0 radical (unpaired) electrons. The van der Waals surface area contributed by atoms with Crippen LogP contribution in [0, 0.1) is 6.92 Å². The molecule has 1 aliphatic rings. The standard InChI is InChI=1S/C31H24F8NS/c1-15-16-8-6-7-9-17(16)22(27(2,3)4)14-20(15)24-26-19(12-13-40(24)5)18-10-11-21-23(25(18)41-26)29(34,35)31(38,39)30(36,37)28(21,32)33/h6-14H,1-5H3/q+1. The number of aromatic nitrogens is 1. The van der Waals surface area contributed by atoms with Crippen molar-refractivity contribution in [3.05, 3.63) is 77.0 Å². The van der Waals surface area contributed by atoms with Crippen molar-refractivity contribution < 1.29 is 39.7 Å². The van der Waals surface area contributed by atoms with E-state index in [4.69, 9.17) is 0 Å². The van der Waals surface area contributed by atoms with E-state index in [-0.39, 0.29) is 10.8 Å². The first-order valence-corrected chi connectivity index (χ1v) is 13.6. The maximum Gasteiger partial charge on any atom is 0.383 e. The SMILES string of the molecule is Cc1c(-c2c3sc4c5c(ccc4c3cc[n+]2C)C(F)(F)C(F)(F)C(F)(F)C5(F)F)cc(C(C)(C)C)c2ccccc12. The second-order valence-electron chi connectivity index (χ2n) is 11.7. The maximum atomic E-state index is 15.2. The van der Waals surface area contributed by atoms with Gasteiger partial charge in [-0.1, -0.05) is 57.2 Å². The Labute approximate surface area is 234 Å². The summed E-state index contributed by atoms with van der Waals surface area (Å²) in [5.74, 6) is -23.7. The van der Waals surface area contributed by atoms with Gasteiger partial charge in [-0.2, -0.15) is 39.7 Å². The summed E-state index contributed by atoms with van der Waals surface area (Å²) in [4.78, 5) is 0. The number of fused-ring (bicyclic) bond motifs is 6. The molecule has 0 spiro atoms. The molecule has 2 aromatic heterocycles. The molecule has 1 nitrogen and oxygen atoms in total. The summed E-state index contributed by atoms with van der Waals surface area (Å²) >= 11 is 0.631. The molecule has 0 unspecified atom stereocenters. The van der Waals surface area contributed by atoms with Gasteiger partial charge in [0.25, 0.3) is 0 Å². The van der Waals surface area contributed by atoms with E-state index in [9.17, 15) is 26.3 Å². The number of thiophene rings is 1. The van der Waals surface area contributed by atoms with Gasteiger partial charge in [0.1, 0.15) is 11.7 Å². The predicted octanol–water partition coefficient (Wildman–Crippen LogP) is 9.77. The van der Waals surface area contributed by atoms with Gasteiger partial charge in [-0.25, -0.2) is 0 Å². The average Bonchev–Trinajstić information content (AvgIpc) is 3.25. The number of hydrogen-bond acceptors (Lipinski definition) is 1. The molecule has 0 atom stereocenters. The minimum Gasteiger partial charge on any atom is -0.200 e. The highest BCUT2D eigenvalue weighted by molar-refractivity contribution is 7.26. The van der Waals surface area contributed by atoms with Gasteiger partial charge in [0, 0.05) is 27.1 Å². The van der Waals surface area contributed by atoms with Crippen LogP contribution in [0.25, 0.3) is 42.2 Å². The number of nitrogens with zero attached hydrogens (tertiary/aromatic N) is 1. The molecule has 0 N–H and O–H groups in total. The minimum atomic E-state index is -6.31. The summed E-state index contributed by atoms with van der Waals surface area (Å²) in [7, 11) is 1.73. The number of hydrogen-bond donors (Lipinski definition) is 0. The molecule has 214 valence electrons. The van der Waals surface area contributed by atoms with E-state index >= 15 is 8.78 Å². The molecule has 41 heavy (non-hydrogen) atoms. The van der Waals surface area contributed by atoms with Gasteiger partial charge < -0.3 is 0 Å². The fourth-order valence-corrected chi connectivity index (χ4v) is 7.41. The topological polar surface area (TPSA) is 3.88 Å². The van der Waals surface area contributed by atoms with Gasteiger partial charge in [0.05, 0.1) is 11.1 Å². The van der Waals surface area contributed by atoms with Crippen molar-refractivity contribution in [1.29, 1.82) is 0 Å². The van der Waals surface area contributed by atoms with E-state index in [0.717, 1.165) is 33.5 Å². The predicted molar refractivity (Wildman–Crippen MR) is 145 cm³/mol. The molecule has 0 amide bonds. The monoisotopic (exact) mass is 594 g/mol. The Kier molecular flexibility index (Phi) is 5.56. The molecule has 0 saturated heterocycles. The third kappa shape index (κ3) is 3.37. The number of aryl methyl sites for hydroxylation is 2. The summed E-state index contributed by atoms with van der Waals surface area (Å²) < 4.78 is 119. The molecule has 5 aromatic rings. The van der Waals surface area contributed by atoms with Crippen molar-refractivity contribution in [3.8, 4) is 11.3 Å². The maximum absolute atomic E-state index is 15.2. The summed E-state index contributed by atoms with van der Waals surface area (Å²) in [6, 6.07) is 12.9. The highest BCUT2D eigenvalue weighted by atomic mass is 32.1. The van der Waals surface area contributed by atoms with E-state index < -0.39 is 39.5 Å². The summed E-state index contributed by atoms with van der Waals surface area (Å²) in [5.41, 5.74) is -0.642. The fraction of sp³-hybridized carbons (Fsp3) is 0.323. The van der Waals surface area contributed by atoms with E-state index in [2.05, 4.69) is 20.8 Å². The Hall–Kier alpha value is -3.27. The van der Waals surface area contributed by atoms with Gasteiger partial charge in [0.2, 0.25) is 5.69 Å². The first-order chi connectivity index (χ1) is 18.9. The zero-order valence-electron chi connectivity index (χ0n) is 22.6. The van der Waals surface area contributed by atoms with E-state index in [1.165, 1.54) is 0 Å². The van der Waals surface area contributed by atoms with Crippen molar-refractivity contribution in [2.75, 3.05) is 0 Å². The van der Waals surface area contributed by atoms with Gasteiger partial charge in [-0.05, 0) is 40.3 Å². The Balaban J connectivity index is 1.76. The smallest absolute Gasteiger partial charge is 0.200 e. The van der Waals surface area contributed by atoms with Crippen LogP contribution in [0.2, 0.25) is 0 Å². The summed E-state index contributed by atoms with van der Waals surface area (Å²) in [6.07, 6.45) is 1.67. The molecule has 10 heteroatoms. The normalized spacial score (nSPS) is 19.1. The van der Waals surface area contributed by atoms with Crippen LogP contribution in [0.5, 0.6) is 0 Å². The van der Waals surface area contributed by atoms with Crippen LogP contribution in [-0.2, 0) is 24.3 Å². The summed E-state index contributed by atoms with van der Waals surface area (Å²) in [6.45, 7) is 8.07. The van der Waals surface area contributed by atoms with Crippen molar-refractivity contribution in [3.63, 3.8) is 0 Å². The fourth-order valence-electron chi connectivity index (χ4n) is 5.94. The van der Waals surface area contributed by atoms with Crippen LogP contribution in [0.3, 0.4) is 0 Å². The van der Waals surface area contributed by atoms with Gasteiger partial charge in [0.15, 0.2) is 6.20 Å². The van der Waals surface area contributed by atoms with E-state index in [1.807, 2.05) is 37.3 Å². The first kappa shape index (κ1) is 27.9. The van der Waals surface area contributed by atoms with Gasteiger partial charge >= 0.3 is 23.7 Å². The third-order valence-corrected chi connectivity index (χ3v) is 9.39. The molecule has 0 saturated carbocycles. The third-order valence-electron chi connectivity index (χ3n) is 8.14. The zero-order chi connectivity index (χ0) is 30.1. The number of pyridine rings is 1. The molecule has 1 aliphatic carbocycles. The Morgan fingerprint density at radius 3 is 1.93 bits per heavy atom. The molecule has 6 rings (SSSR count). The summed E-state index contributed by atoms with van der Waals surface area (Å²) in [5, 5.41) is 2.37. The van der Waals surface area contributed by atoms with Gasteiger partial charge in [-0.15, -0.1) is 11.3 Å². The number of benzene rings is 3. The van der Waals surface area contributed by atoms with Crippen LogP contribution in [-0.4, -0.2) is 11.8 Å². The van der Waals surface area contributed by atoms with E-state index in [0.29, 0.717) is 33.2 Å². The lowest BCUT2D eigenvalue weighted by Gasteiger charge is -2.42. The van der Waals surface area contributed by atoms with E-state index in [1.54, 1.807) is 23.9 Å². The minimum absolute atomic E-state index is 0.0107. The largest absolute Gasteiger partial charge is 0.383 e. The Morgan fingerprint density at radius 2 is 1.29 bits per heavy atom. The molecular weight excluding hydrogens is 570 g/mol.